The van der Waals surface area contributed by atoms with E-state index in [2.05, 4.69) is 4.74 Å². The molecule has 1 aliphatic heterocycles. The van der Waals surface area contributed by atoms with Gasteiger partial charge in [0.1, 0.15) is 6.54 Å². The van der Waals surface area contributed by atoms with E-state index in [0.29, 0.717) is 11.3 Å². The normalized spacial score (nSPS) is 15.2. The topological polar surface area (TPSA) is 66.9 Å². The standard InChI is InChI=1S/C21H22N2O4/c1-14-12-17-6-4-5-7-19(17)23(14)20(25)13-22(15(2)24)18-10-8-16(9-11-18)21(26)27-3/h4-11,14H,12-13H2,1-3H3. The first-order valence-corrected chi connectivity index (χ1v) is 8.79. The number of ether oxygens (including phenoxy) is 1. The minimum atomic E-state index is -0.450. The Kier molecular flexibility index (Phi) is 5.26. The largest absolute Gasteiger partial charge is 0.465 e. The van der Waals surface area contributed by atoms with Crippen LogP contribution in [0, 0.1) is 0 Å². The summed E-state index contributed by atoms with van der Waals surface area (Å²) in [5.74, 6) is -0.830. The van der Waals surface area contributed by atoms with Crippen molar-refractivity contribution in [1.82, 2.24) is 0 Å². The van der Waals surface area contributed by atoms with Gasteiger partial charge in [0, 0.05) is 24.3 Å². The van der Waals surface area contributed by atoms with E-state index in [1.807, 2.05) is 31.2 Å². The van der Waals surface area contributed by atoms with Gasteiger partial charge in [-0.1, -0.05) is 18.2 Å². The zero-order chi connectivity index (χ0) is 19.6. The number of para-hydroxylation sites is 1. The first-order chi connectivity index (χ1) is 12.9. The Morgan fingerprint density at radius 1 is 1.11 bits per heavy atom. The van der Waals surface area contributed by atoms with E-state index >= 15 is 0 Å². The van der Waals surface area contributed by atoms with Crippen molar-refractivity contribution in [2.24, 2.45) is 0 Å². The number of rotatable bonds is 4. The molecule has 1 aliphatic rings. The Balaban J connectivity index is 1.82. The Morgan fingerprint density at radius 2 is 1.78 bits per heavy atom. The lowest BCUT2D eigenvalue weighted by atomic mass is 10.1. The third-order valence-corrected chi connectivity index (χ3v) is 4.75. The third kappa shape index (κ3) is 3.69. The van der Waals surface area contributed by atoms with Crippen LogP contribution in [0.4, 0.5) is 11.4 Å². The van der Waals surface area contributed by atoms with Crippen molar-refractivity contribution in [3.63, 3.8) is 0 Å². The number of benzene rings is 2. The van der Waals surface area contributed by atoms with Gasteiger partial charge in [-0.3, -0.25) is 9.59 Å². The van der Waals surface area contributed by atoms with E-state index in [1.54, 1.807) is 29.2 Å². The lowest BCUT2D eigenvalue weighted by molar-refractivity contribution is -0.121. The molecule has 2 amide bonds. The molecule has 0 bridgehead atoms. The van der Waals surface area contributed by atoms with Gasteiger partial charge in [-0.05, 0) is 49.2 Å². The number of carbonyl (C=O) groups excluding carboxylic acids is 3. The predicted molar refractivity (Wildman–Crippen MR) is 103 cm³/mol. The van der Waals surface area contributed by atoms with Crippen LogP contribution in [0.2, 0.25) is 0 Å². The summed E-state index contributed by atoms with van der Waals surface area (Å²) >= 11 is 0. The zero-order valence-corrected chi connectivity index (χ0v) is 15.6. The van der Waals surface area contributed by atoms with Crippen LogP contribution in [-0.2, 0) is 20.7 Å². The first-order valence-electron chi connectivity index (χ1n) is 8.79. The molecule has 0 N–H and O–H groups in total. The molecule has 140 valence electrons. The maximum atomic E-state index is 13.0. The summed E-state index contributed by atoms with van der Waals surface area (Å²) in [6.07, 6.45) is 0.801. The molecule has 0 saturated heterocycles. The SMILES string of the molecule is COC(=O)c1ccc(N(CC(=O)N2c3ccccc3CC2C)C(C)=O)cc1. The van der Waals surface area contributed by atoms with E-state index in [9.17, 15) is 14.4 Å². The van der Waals surface area contributed by atoms with Crippen LogP contribution in [0.15, 0.2) is 48.5 Å². The number of methoxy groups -OCH3 is 1. The molecule has 0 fully saturated rings. The van der Waals surface area contributed by atoms with Crippen LogP contribution < -0.4 is 9.80 Å². The monoisotopic (exact) mass is 366 g/mol. The van der Waals surface area contributed by atoms with Crippen LogP contribution in [0.5, 0.6) is 0 Å². The fourth-order valence-corrected chi connectivity index (χ4v) is 3.44. The van der Waals surface area contributed by atoms with Gasteiger partial charge in [0.15, 0.2) is 0 Å². The molecule has 0 spiro atoms. The summed E-state index contributed by atoms with van der Waals surface area (Å²) < 4.78 is 4.68. The van der Waals surface area contributed by atoms with Crippen LogP contribution in [-0.4, -0.2) is 37.5 Å². The van der Waals surface area contributed by atoms with Crippen molar-refractivity contribution in [3.8, 4) is 0 Å². The Labute approximate surface area is 158 Å². The summed E-state index contributed by atoms with van der Waals surface area (Å²) in [6, 6.07) is 14.3. The predicted octanol–water partition coefficient (Wildman–Crippen LogP) is 2.80. The highest BCUT2D eigenvalue weighted by atomic mass is 16.5. The maximum absolute atomic E-state index is 13.0. The number of fused-ring (bicyclic) bond motifs is 1. The molecule has 3 rings (SSSR count). The van der Waals surface area contributed by atoms with E-state index in [4.69, 9.17) is 0 Å². The highest BCUT2D eigenvalue weighted by Crippen LogP contribution is 2.32. The number of esters is 1. The molecular formula is C21H22N2O4. The Bertz CT molecular complexity index is 876. The summed E-state index contributed by atoms with van der Waals surface area (Å²) in [5, 5.41) is 0. The molecule has 6 heteroatoms. The van der Waals surface area contributed by atoms with Crippen molar-refractivity contribution in [2.75, 3.05) is 23.5 Å². The van der Waals surface area contributed by atoms with Gasteiger partial charge >= 0.3 is 5.97 Å². The zero-order valence-electron chi connectivity index (χ0n) is 15.6. The fourth-order valence-electron chi connectivity index (χ4n) is 3.44. The average molecular weight is 366 g/mol. The van der Waals surface area contributed by atoms with Crippen molar-refractivity contribution in [1.29, 1.82) is 0 Å². The van der Waals surface area contributed by atoms with E-state index in [-0.39, 0.29) is 24.4 Å². The third-order valence-electron chi connectivity index (χ3n) is 4.75. The van der Waals surface area contributed by atoms with E-state index in [0.717, 1.165) is 17.7 Å². The molecule has 0 radical (unpaired) electrons. The summed E-state index contributed by atoms with van der Waals surface area (Å²) in [5.41, 5.74) is 2.98. The molecule has 2 aromatic rings. The van der Waals surface area contributed by atoms with Crippen molar-refractivity contribution < 1.29 is 19.1 Å². The molecule has 0 aromatic heterocycles. The highest BCUT2D eigenvalue weighted by molar-refractivity contribution is 6.04. The minimum absolute atomic E-state index is 0.0467. The first kappa shape index (κ1) is 18.6. The molecule has 6 nitrogen and oxygen atoms in total. The van der Waals surface area contributed by atoms with Gasteiger partial charge in [0.25, 0.3) is 0 Å². The van der Waals surface area contributed by atoms with E-state index < -0.39 is 5.97 Å². The molecular weight excluding hydrogens is 344 g/mol. The van der Waals surface area contributed by atoms with Gasteiger partial charge in [0.2, 0.25) is 11.8 Å². The number of amides is 2. The number of carbonyl (C=O) groups is 3. The molecule has 1 atom stereocenters. The molecule has 0 aliphatic carbocycles. The number of hydrogen-bond donors (Lipinski definition) is 0. The Morgan fingerprint density at radius 3 is 2.41 bits per heavy atom. The van der Waals surface area contributed by atoms with Crippen molar-refractivity contribution >= 4 is 29.2 Å². The summed E-state index contributed by atoms with van der Waals surface area (Å²) in [4.78, 5) is 39.9. The maximum Gasteiger partial charge on any atom is 0.337 e. The quantitative estimate of drug-likeness (QED) is 0.781. The molecule has 1 heterocycles. The van der Waals surface area contributed by atoms with Gasteiger partial charge in [-0.25, -0.2) is 4.79 Å². The second-order valence-corrected chi connectivity index (χ2v) is 6.59. The number of nitrogens with zero attached hydrogens (tertiary/aromatic N) is 2. The van der Waals surface area contributed by atoms with Gasteiger partial charge < -0.3 is 14.5 Å². The van der Waals surface area contributed by atoms with Crippen LogP contribution in [0.25, 0.3) is 0 Å². The van der Waals surface area contributed by atoms with Gasteiger partial charge in [-0.2, -0.15) is 0 Å². The highest BCUT2D eigenvalue weighted by Gasteiger charge is 2.32. The molecule has 2 aromatic carbocycles. The second kappa shape index (κ2) is 7.61. The Hall–Kier alpha value is -3.15. The van der Waals surface area contributed by atoms with Crippen molar-refractivity contribution in [2.45, 2.75) is 26.3 Å². The minimum Gasteiger partial charge on any atom is -0.465 e. The summed E-state index contributed by atoms with van der Waals surface area (Å²) in [6.45, 7) is 3.36. The smallest absolute Gasteiger partial charge is 0.337 e. The number of hydrogen-bond acceptors (Lipinski definition) is 4. The van der Waals surface area contributed by atoms with E-state index in [1.165, 1.54) is 18.9 Å². The van der Waals surface area contributed by atoms with Crippen LogP contribution in [0.3, 0.4) is 0 Å². The average Bonchev–Trinajstić information content (AvgIpc) is 3.01. The van der Waals surface area contributed by atoms with Crippen LogP contribution >= 0.6 is 0 Å². The summed E-state index contributed by atoms with van der Waals surface area (Å²) in [7, 11) is 1.31. The molecule has 27 heavy (non-hydrogen) atoms. The fraction of sp³-hybridized carbons (Fsp3) is 0.286. The second-order valence-electron chi connectivity index (χ2n) is 6.59. The van der Waals surface area contributed by atoms with Gasteiger partial charge in [0.05, 0.1) is 12.7 Å². The van der Waals surface area contributed by atoms with Gasteiger partial charge in [-0.15, -0.1) is 0 Å². The lowest BCUT2D eigenvalue weighted by Gasteiger charge is -2.27. The molecule has 1 unspecified atom stereocenters. The molecule has 0 saturated carbocycles. The van der Waals surface area contributed by atoms with Crippen LogP contribution in [0.1, 0.15) is 29.8 Å². The number of anilines is 2. The van der Waals surface area contributed by atoms with Crippen molar-refractivity contribution in [3.05, 3.63) is 59.7 Å². The lowest BCUT2D eigenvalue weighted by Crippen LogP contribution is -2.44.